The molecule has 16 heteroatoms. The maximum Gasteiger partial charge on any atom is 0.522 e. The lowest BCUT2D eigenvalue weighted by atomic mass is 10.1. The first-order valence-corrected chi connectivity index (χ1v) is 10.7. The van der Waals surface area contributed by atoms with Gasteiger partial charge in [0, 0.05) is 24.4 Å². The third-order valence-corrected chi connectivity index (χ3v) is 4.94. The van der Waals surface area contributed by atoms with Crippen molar-refractivity contribution in [3.8, 4) is 0 Å². The van der Waals surface area contributed by atoms with Crippen LogP contribution in [0.2, 0.25) is 5.15 Å². The standard InChI is InChI=1S/C19H20ClF4N7O4/c1-8(2)25-18(32)35-11-7-33-16(15(11)21)10-3-13(30-29-10)28-17-27-12(20)4-14-26-9(5-31(14)17)6-34-19(22,23)24/h3-5,8,11,15-16H,6-7H2,1-2H3,(H,25,32)(H2,27,28,29,30)/t11-,15+,16-/m0/s1. The number of imidazole rings is 1. The molecule has 3 atom stereocenters. The van der Waals surface area contributed by atoms with Gasteiger partial charge in [0.2, 0.25) is 5.95 Å². The molecule has 35 heavy (non-hydrogen) atoms. The van der Waals surface area contributed by atoms with Crippen LogP contribution in [0.3, 0.4) is 0 Å². The van der Waals surface area contributed by atoms with E-state index in [4.69, 9.17) is 21.1 Å². The van der Waals surface area contributed by atoms with E-state index in [1.165, 1.54) is 22.7 Å². The zero-order chi connectivity index (χ0) is 25.3. The molecule has 0 spiro atoms. The van der Waals surface area contributed by atoms with Gasteiger partial charge in [-0.2, -0.15) is 5.10 Å². The third kappa shape index (κ3) is 6.10. The highest BCUT2D eigenvalue weighted by molar-refractivity contribution is 6.29. The van der Waals surface area contributed by atoms with E-state index < -0.39 is 37.4 Å². The number of amides is 1. The molecule has 1 fully saturated rings. The largest absolute Gasteiger partial charge is 0.522 e. The van der Waals surface area contributed by atoms with E-state index >= 15 is 0 Å². The second kappa shape index (κ2) is 9.83. The number of rotatable bonds is 7. The molecule has 1 amide bonds. The number of nitrogens with zero attached hydrogens (tertiary/aromatic N) is 4. The molecule has 11 nitrogen and oxygen atoms in total. The van der Waals surface area contributed by atoms with Crippen molar-refractivity contribution >= 4 is 35.1 Å². The molecule has 3 aromatic heterocycles. The molecule has 4 rings (SSSR count). The number of nitrogens with one attached hydrogen (secondary N) is 3. The molecular formula is C19H20ClF4N7O4. The smallest absolute Gasteiger partial charge is 0.441 e. The number of hydrogen-bond donors (Lipinski definition) is 3. The topological polar surface area (TPSA) is 128 Å². The first kappa shape index (κ1) is 24.9. The first-order valence-electron chi connectivity index (χ1n) is 10.3. The van der Waals surface area contributed by atoms with Crippen LogP contribution in [-0.4, -0.2) is 61.9 Å². The van der Waals surface area contributed by atoms with Crippen LogP contribution in [-0.2, 0) is 20.8 Å². The molecule has 4 heterocycles. The number of fused-ring (bicyclic) bond motifs is 1. The van der Waals surface area contributed by atoms with Crippen LogP contribution in [0, 0.1) is 0 Å². The van der Waals surface area contributed by atoms with Crippen molar-refractivity contribution in [2.45, 2.75) is 51.2 Å². The molecule has 0 radical (unpaired) electrons. The summed E-state index contributed by atoms with van der Waals surface area (Å²) in [6.45, 7) is 2.53. The number of alkyl carbamates (subject to hydrolysis) is 1. The van der Waals surface area contributed by atoms with Crippen LogP contribution in [0.1, 0.15) is 31.3 Å². The van der Waals surface area contributed by atoms with E-state index in [0.717, 1.165) is 0 Å². The summed E-state index contributed by atoms with van der Waals surface area (Å²) in [4.78, 5) is 19.9. The Hall–Kier alpha value is -3.17. The summed E-state index contributed by atoms with van der Waals surface area (Å²) in [6.07, 6.45) is -8.08. The Bertz CT molecular complexity index is 1200. The zero-order valence-electron chi connectivity index (χ0n) is 18.3. The number of ether oxygens (including phenoxy) is 3. The van der Waals surface area contributed by atoms with Gasteiger partial charge >= 0.3 is 12.5 Å². The quantitative estimate of drug-likeness (QED) is 0.316. The van der Waals surface area contributed by atoms with E-state index in [2.05, 4.69) is 35.5 Å². The molecular weight excluding hydrogens is 502 g/mol. The maximum absolute atomic E-state index is 14.9. The Morgan fingerprint density at radius 3 is 2.86 bits per heavy atom. The number of carbonyl (C=O) groups excluding carboxylic acids is 1. The molecule has 3 aromatic rings. The fourth-order valence-corrected chi connectivity index (χ4v) is 3.51. The fourth-order valence-electron chi connectivity index (χ4n) is 3.33. The Balaban J connectivity index is 1.46. The van der Waals surface area contributed by atoms with Crippen LogP contribution in [0.25, 0.3) is 5.65 Å². The number of halogens is 5. The highest BCUT2D eigenvalue weighted by Crippen LogP contribution is 2.33. The molecule has 0 unspecified atom stereocenters. The summed E-state index contributed by atoms with van der Waals surface area (Å²) < 4.78 is 67.6. The van der Waals surface area contributed by atoms with E-state index in [1.54, 1.807) is 13.8 Å². The van der Waals surface area contributed by atoms with Crippen molar-refractivity contribution in [3.63, 3.8) is 0 Å². The number of carbonyl (C=O) groups is 1. The minimum Gasteiger partial charge on any atom is -0.441 e. The highest BCUT2D eigenvalue weighted by Gasteiger charge is 2.42. The highest BCUT2D eigenvalue weighted by atomic mass is 35.5. The molecule has 0 bridgehead atoms. The Kier molecular flexibility index (Phi) is 7.00. The Morgan fingerprint density at radius 1 is 1.37 bits per heavy atom. The number of aromatic amines is 1. The normalized spacial score (nSPS) is 20.5. The first-order chi connectivity index (χ1) is 16.5. The lowest BCUT2D eigenvalue weighted by Gasteiger charge is -2.16. The van der Waals surface area contributed by atoms with E-state index in [-0.39, 0.29) is 46.6 Å². The van der Waals surface area contributed by atoms with Gasteiger partial charge < -0.3 is 20.1 Å². The van der Waals surface area contributed by atoms with Gasteiger partial charge in [0.1, 0.15) is 16.9 Å². The maximum atomic E-state index is 14.9. The van der Waals surface area contributed by atoms with Crippen LogP contribution in [0.15, 0.2) is 18.3 Å². The number of H-pyrrole nitrogens is 1. The number of aromatic nitrogens is 5. The molecule has 0 aliphatic carbocycles. The zero-order valence-corrected chi connectivity index (χ0v) is 19.0. The number of anilines is 2. The molecule has 1 saturated heterocycles. The van der Waals surface area contributed by atoms with E-state index in [0.29, 0.717) is 0 Å². The summed E-state index contributed by atoms with van der Waals surface area (Å²) in [5.41, 5.74) is 0.467. The molecule has 1 aliphatic rings. The summed E-state index contributed by atoms with van der Waals surface area (Å²) in [5, 5.41) is 12.1. The monoisotopic (exact) mass is 521 g/mol. The Morgan fingerprint density at radius 2 is 2.14 bits per heavy atom. The van der Waals surface area contributed by atoms with Crippen molar-refractivity contribution in [2.75, 3.05) is 11.9 Å². The van der Waals surface area contributed by atoms with Crippen LogP contribution >= 0.6 is 11.6 Å². The van der Waals surface area contributed by atoms with Gasteiger partial charge in [-0.25, -0.2) is 19.2 Å². The second-order valence-corrected chi connectivity index (χ2v) is 8.26. The number of alkyl halides is 4. The van der Waals surface area contributed by atoms with Crippen molar-refractivity contribution in [3.05, 3.63) is 34.9 Å². The molecule has 190 valence electrons. The van der Waals surface area contributed by atoms with Gasteiger partial charge in [0.05, 0.1) is 24.6 Å². The molecule has 1 aliphatic heterocycles. The third-order valence-electron chi connectivity index (χ3n) is 4.75. The van der Waals surface area contributed by atoms with Gasteiger partial charge in [-0.05, 0) is 13.8 Å². The fraction of sp³-hybridized carbons (Fsp3) is 0.474. The van der Waals surface area contributed by atoms with Crippen molar-refractivity contribution in [1.82, 2.24) is 29.9 Å². The summed E-state index contributed by atoms with van der Waals surface area (Å²) in [6, 6.07) is 2.64. The van der Waals surface area contributed by atoms with Crippen LogP contribution < -0.4 is 10.6 Å². The van der Waals surface area contributed by atoms with Gasteiger partial charge in [0.25, 0.3) is 0 Å². The van der Waals surface area contributed by atoms with Crippen LogP contribution in [0.5, 0.6) is 0 Å². The minimum atomic E-state index is -4.81. The van der Waals surface area contributed by atoms with Crippen LogP contribution in [0.4, 0.5) is 34.1 Å². The van der Waals surface area contributed by atoms with E-state index in [9.17, 15) is 22.4 Å². The Labute approximate surface area is 200 Å². The van der Waals surface area contributed by atoms with Crippen molar-refractivity contribution in [2.24, 2.45) is 0 Å². The predicted octanol–water partition coefficient (Wildman–Crippen LogP) is 3.80. The minimum absolute atomic E-state index is 0.00988. The van der Waals surface area contributed by atoms with Gasteiger partial charge in [-0.1, -0.05) is 11.6 Å². The van der Waals surface area contributed by atoms with Gasteiger partial charge in [-0.15, -0.1) is 13.2 Å². The van der Waals surface area contributed by atoms with Crippen molar-refractivity contribution in [1.29, 1.82) is 0 Å². The van der Waals surface area contributed by atoms with Crippen molar-refractivity contribution < 1.29 is 36.6 Å². The van der Waals surface area contributed by atoms with Gasteiger partial charge in [-0.3, -0.25) is 14.2 Å². The average Bonchev–Trinajstić information content (AvgIpc) is 3.45. The molecule has 0 aromatic carbocycles. The summed E-state index contributed by atoms with van der Waals surface area (Å²) in [7, 11) is 0. The molecule has 3 N–H and O–H groups in total. The lowest BCUT2D eigenvalue weighted by molar-refractivity contribution is -0.330. The SMILES string of the molecule is CC(C)NC(=O)O[C@H]1CO[C@@H](c2cc(Nc3nc(Cl)cc4nc(COC(F)(F)F)cn34)n[nH]2)[C@@H]1F. The van der Waals surface area contributed by atoms with Gasteiger partial charge in [0.15, 0.2) is 18.1 Å². The summed E-state index contributed by atoms with van der Waals surface area (Å²) in [5.74, 6) is 0.280. The second-order valence-electron chi connectivity index (χ2n) is 7.87. The summed E-state index contributed by atoms with van der Waals surface area (Å²) >= 11 is 6.01. The lowest BCUT2D eigenvalue weighted by Crippen LogP contribution is -2.36. The average molecular weight is 522 g/mol. The number of hydrogen-bond acceptors (Lipinski definition) is 8. The molecule has 0 saturated carbocycles. The predicted molar refractivity (Wildman–Crippen MR) is 113 cm³/mol. The van der Waals surface area contributed by atoms with E-state index in [1.807, 2.05) is 0 Å².